The molecule has 96 valence electrons. The van der Waals surface area contributed by atoms with Gasteiger partial charge in [-0.15, -0.1) is 0 Å². The van der Waals surface area contributed by atoms with Gasteiger partial charge in [0, 0.05) is 12.5 Å². The fraction of sp³-hybridized carbons (Fsp3) is 0.438. The lowest BCUT2D eigenvalue weighted by Crippen LogP contribution is -2.35. The highest BCUT2D eigenvalue weighted by atomic mass is 16.1. The minimum absolute atomic E-state index is 0.200. The number of carbonyl (C=O) groups excluding carboxylic acids is 1. The Balaban J connectivity index is 1.64. The van der Waals surface area contributed by atoms with Crippen molar-refractivity contribution in [1.29, 1.82) is 0 Å². The third-order valence-electron chi connectivity index (χ3n) is 3.35. The zero-order chi connectivity index (χ0) is 12.6. The fourth-order valence-electron chi connectivity index (χ4n) is 2.32. The van der Waals surface area contributed by atoms with Gasteiger partial charge in [0.05, 0.1) is 0 Å². The maximum atomic E-state index is 11.8. The van der Waals surface area contributed by atoms with E-state index in [2.05, 4.69) is 29.6 Å². The summed E-state index contributed by atoms with van der Waals surface area (Å²) in [5.74, 6) is 0.200. The van der Waals surface area contributed by atoms with Crippen LogP contribution in [0.3, 0.4) is 0 Å². The Morgan fingerprint density at radius 1 is 1.22 bits per heavy atom. The molecule has 1 aliphatic rings. The van der Waals surface area contributed by atoms with E-state index in [9.17, 15) is 4.79 Å². The number of aryl methyl sites for hydroxylation is 1. The second kappa shape index (κ2) is 7.00. The smallest absolute Gasteiger partial charge is 0.220 e. The molecule has 0 aromatic heterocycles. The molecule has 2 rings (SSSR count). The quantitative estimate of drug-likeness (QED) is 0.790. The van der Waals surface area contributed by atoms with E-state index in [4.69, 9.17) is 0 Å². The van der Waals surface area contributed by atoms with Crippen LogP contribution >= 0.6 is 0 Å². The van der Waals surface area contributed by atoms with Crippen molar-refractivity contribution in [2.45, 2.75) is 44.6 Å². The van der Waals surface area contributed by atoms with Crippen LogP contribution in [0.15, 0.2) is 42.5 Å². The molecule has 0 heterocycles. The first kappa shape index (κ1) is 12.9. The van der Waals surface area contributed by atoms with Gasteiger partial charge in [-0.25, -0.2) is 0 Å². The minimum atomic E-state index is 0.200. The average molecular weight is 243 g/mol. The summed E-state index contributed by atoms with van der Waals surface area (Å²) in [6.07, 6.45) is 10.1. The minimum Gasteiger partial charge on any atom is -0.353 e. The number of hydrogen-bond donors (Lipinski definition) is 1. The zero-order valence-electron chi connectivity index (χ0n) is 10.8. The molecular weight excluding hydrogens is 222 g/mol. The van der Waals surface area contributed by atoms with Gasteiger partial charge in [-0.1, -0.05) is 42.5 Å². The highest BCUT2D eigenvalue weighted by Gasteiger charge is 2.12. The van der Waals surface area contributed by atoms with Crippen LogP contribution in [0.5, 0.6) is 0 Å². The topological polar surface area (TPSA) is 29.1 Å². The molecule has 1 aromatic rings. The lowest BCUT2D eigenvalue weighted by atomic mass is 10.0. The van der Waals surface area contributed by atoms with Crippen molar-refractivity contribution in [2.75, 3.05) is 0 Å². The summed E-state index contributed by atoms with van der Waals surface area (Å²) in [7, 11) is 0. The van der Waals surface area contributed by atoms with Crippen LogP contribution in [0, 0.1) is 0 Å². The first-order valence-electron chi connectivity index (χ1n) is 6.83. The van der Waals surface area contributed by atoms with Gasteiger partial charge < -0.3 is 5.32 Å². The zero-order valence-corrected chi connectivity index (χ0v) is 10.8. The number of allylic oxidation sites excluding steroid dienone is 1. The number of nitrogens with one attached hydrogen (secondary N) is 1. The molecule has 0 bridgehead atoms. The first-order valence-corrected chi connectivity index (χ1v) is 6.83. The van der Waals surface area contributed by atoms with E-state index in [1.165, 1.54) is 5.56 Å². The van der Waals surface area contributed by atoms with Gasteiger partial charge in [0.25, 0.3) is 0 Å². The Hall–Kier alpha value is -1.57. The average Bonchev–Trinajstić information content (AvgIpc) is 2.41. The molecule has 0 aliphatic heterocycles. The van der Waals surface area contributed by atoms with E-state index < -0.39 is 0 Å². The van der Waals surface area contributed by atoms with Crippen molar-refractivity contribution in [3.63, 3.8) is 0 Å². The highest BCUT2D eigenvalue weighted by molar-refractivity contribution is 5.76. The lowest BCUT2D eigenvalue weighted by molar-refractivity contribution is -0.121. The van der Waals surface area contributed by atoms with Gasteiger partial charge in [-0.2, -0.15) is 0 Å². The molecule has 0 saturated carbocycles. The second-order valence-corrected chi connectivity index (χ2v) is 4.89. The number of rotatable bonds is 5. The number of amides is 1. The van der Waals surface area contributed by atoms with Gasteiger partial charge >= 0.3 is 0 Å². The van der Waals surface area contributed by atoms with Gasteiger partial charge in [-0.05, 0) is 37.7 Å². The maximum Gasteiger partial charge on any atom is 0.220 e. The first-order chi connectivity index (χ1) is 8.84. The molecular formula is C16H21NO. The summed E-state index contributed by atoms with van der Waals surface area (Å²) in [6, 6.07) is 10.7. The normalized spacial score (nSPS) is 18.6. The molecule has 0 radical (unpaired) electrons. The largest absolute Gasteiger partial charge is 0.353 e. The van der Waals surface area contributed by atoms with Gasteiger partial charge in [0.15, 0.2) is 0 Å². The molecule has 2 nitrogen and oxygen atoms in total. The van der Waals surface area contributed by atoms with E-state index in [0.717, 1.165) is 32.1 Å². The van der Waals surface area contributed by atoms with E-state index >= 15 is 0 Å². The van der Waals surface area contributed by atoms with E-state index in [1.807, 2.05) is 18.2 Å². The Kier molecular flexibility index (Phi) is 5.00. The molecule has 18 heavy (non-hydrogen) atoms. The number of hydrogen-bond acceptors (Lipinski definition) is 1. The third-order valence-corrected chi connectivity index (χ3v) is 3.35. The lowest BCUT2D eigenvalue weighted by Gasteiger charge is -2.19. The summed E-state index contributed by atoms with van der Waals surface area (Å²) in [5, 5.41) is 3.11. The Morgan fingerprint density at radius 3 is 2.78 bits per heavy atom. The maximum absolute atomic E-state index is 11.8. The van der Waals surface area contributed by atoms with E-state index in [1.54, 1.807) is 0 Å². The van der Waals surface area contributed by atoms with Crippen molar-refractivity contribution in [3.05, 3.63) is 48.0 Å². The van der Waals surface area contributed by atoms with Crippen LogP contribution in [0.2, 0.25) is 0 Å². The molecule has 2 heteroatoms. The third kappa shape index (κ3) is 4.36. The van der Waals surface area contributed by atoms with Gasteiger partial charge in [0.2, 0.25) is 5.91 Å². The summed E-state index contributed by atoms with van der Waals surface area (Å²) in [6.45, 7) is 0. The molecule has 0 unspecified atom stereocenters. The number of carbonyl (C=O) groups is 1. The van der Waals surface area contributed by atoms with Gasteiger partial charge in [-0.3, -0.25) is 4.79 Å². The van der Waals surface area contributed by atoms with Crippen LogP contribution in [-0.2, 0) is 11.2 Å². The molecule has 0 spiro atoms. The predicted molar refractivity (Wildman–Crippen MR) is 74.3 cm³/mol. The van der Waals surface area contributed by atoms with Crippen LogP contribution < -0.4 is 5.32 Å². The predicted octanol–water partition coefficient (Wildman–Crippen LogP) is 3.23. The summed E-state index contributed by atoms with van der Waals surface area (Å²) in [5.41, 5.74) is 1.31. The summed E-state index contributed by atoms with van der Waals surface area (Å²) in [4.78, 5) is 11.8. The summed E-state index contributed by atoms with van der Waals surface area (Å²) >= 11 is 0. The van der Waals surface area contributed by atoms with Crippen molar-refractivity contribution in [1.82, 2.24) is 5.32 Å². The van der Waals surface area contributed by atoms with Crippen LogP contribution in [0.25, 0.3) is 0 Å². The monoisotopic (exact) mass is 243 g/mol. The van der Waals surface area contributed by atoms with Crippen molar-refractivity contribution >= 4 is 5.91 Å². The molecule has 0 saturated heterocycles. The molecule has 1 N–H and O–H groups in total. The highest BCUT2D eigenvalue weighted by Crippen LogP contribution is 2.11. The number of benzene rings is 1. The molecule has 1 amide bonds. The Bertz CT molecular complexity index is 397. The van der Waals surface area contributed by atoms with Crippen molar-refractivity contribution in [3.8, 4) is 0 Å². The Labute approximate surface area is 109 Å². The molecule has 1 aromatic carbocycles. The molecule has 0 fully saturated rings. The van der Waals surface area contributed by atoms with Crippen molar-refractivity contribution < 1.29 is 4.79 Å². The summed E-state index contributed by atoms with van der Waals surface area (Å²) < 4.78 is 0. The van der Waals surface area contributed by atoms with E-state index in [0.29, 0.717) is 12.5 Å². The van der Waals surface area contributed by atoms with Crippen LogP contribution in [0.1, 0.15) is 37.7 Å². The van der Waals surface area contributed by atoms with E-state index in [-0.39, 0.29) is 5.91 Å². The standard InChI is InChI=1S/C16H21NO/c18-16(17-15-11-5-2-6-12-15)13-7-10-14-8-3-1-4-9-14/h1-5,8-9,15H,6-7,10-13H2,(H,17,18)/t15-/m0/s1. The molecule has 1 aliphatic carbocycles. The van der Waals surface area contributed by atoms with Crippen molar-refractivity contribution in [2.24, 2.45) is 0 Å². The SMILES string of the molecule is O=C(CCCc1ccccc1)N[C@H]1CC=CCC1. The van der Waals surface area contributed by atoms with Crippen LogP contribution in [0.4, 0.5) is 0 Å². The second-order valence-electron chi connectivity index (χ2n) is 4.89. The molecule has 1 atom stereocenters. The fourth-order valence-corrected chi connectivity index (χ4v) is 2.32. The van der Waals surface area contributed by atoms with Gasteiger partial charge in [0.1, 0.15) is 0 Å². The Morgan fingerprint density at radius 2 is 2.06 bits per heavy atom. The van der Waals surface area contributed by atoms with Crippen LogP contribution in [-0.4, -0.2) is 11.9 Å².